The monoisotopic (exact) mass is 394 g/mol. The molecule has 28 heavy (non-hydrogen) atoms. The summed E-state index contributed by atoms with van der Waals surface area (Å²) >= 11 is 6.08. The Bertz CT molecular complexity index is 1020. The van der Waals surface area contributed by atoms with Gasteiger partial charge >= 0.3 is 0 Å². The smallest absolute Gasteiger partial charge is 0.257 e. The van der Waals surface area contributed by atoms with Crippen molar-refractivity contribution in [3.05, 3.63) is 76.9 Å². The van der Waals surface area contributed by atoms with Gasteiger partial charge in [0.05, 0.1) is 5.56 Å². The van der Waals surface area contributed by atoms with Crippen molar-refractivity contribution < 1.29 is 9.59 Å². The molecule has 0 radical (unpaired) electrons. The van der Waals surface area contributed by atoms with Gasteiger partial charge in [-0.05, 0) is 55.0 Å². The summed E-state index contributed by atoms with van der Waals surface area (Å²) in [6.45, 7) is 3.30. The Morgan fingerprint density at radius 2 is 1.71 bits per heavy atom. The molecule has 1 aromatic heterocycles. The normalized spacial score (nSPS) is 10.2. The van der Waals surface area contributed by atoms with Gasteiger partial charge in [-0.3, -0.25) is 9.59 Å². The second-order valence-corrected chi connectivity index (χ2v) is 6.59. The third-order valence-electron chi connectivity index (χ3n) is 4.00. The Kier molecular flexibility index (Phi) is 5.91. The molecule has 0 aliphatic heterocycles. The average molecular weight is 395 g/mol. The highest BCUT2D eigenvalue weighted by Crippen LogP contribution is 2.24. The Morgan fingerprint density at radius 3 is 2.43 bits per heavy atom. The van der Waals surface area contributed by atoms with Gasteiger partial charge in [-0.15, -0.1) is 0 Å². The van der Waals surface area contributed by atoms with Crippen LogP contribution in [-0.4, -0.2) is 16.8 Å². The number of nitrogens with zero attached hydrogens (tertiary/aromatic N) is 1. The van der Waals surface area contributed by atoms with Crippen LogP contribution in [0.2, 0.25) is 5.02 Å². The summed E-state index contributed by atoms with van der Waals surface area (Å²) < 4.78 is 0. The number of halogens is 1. The average Bonchev–Trinajstić information content (AvgIpc) is 2.66. The molecule has 7 heteroatoms. The molecule has 3 N–H and O–H groups in total. The molecule has 0 aliphatic carbocycles. The molecule has 0 unspecified atom stereocenters. The van der Waals surface area contributed by atoms with E-state index in [1.165, 1.54) is 13.1 Å². The van der Waals surface area contributed by atoms with E-state index >= 15 is 0 Å². The number of pyridine rings is 1. The molecule has 2 aromatic carbocycles. The van der Waals surface area contributed by atoms with E-state index in [0.29, 0.717) is 27.8 Å². The highest BCUT2D eigenvalue weighted by atomic mass is 35.5. The molecule has 3 aromatic rings. The lowest BCUT2D eigenvalue weighted by Crippen LogP contribution is -2.13. The van der Waals surface area contributed by atoms with Gasteiger partial charge < -0.3 is 16.0 Å². The number of aromatic nitrogens is 1. The second kappa shape index (κ2) is 8.54. The van der Waals surface area contributed by atoms with Crippen LogP contribution in [0, 0.1) is 6.92 Å². The van der Waals surface area contributed by atoms with Crippen LogP contribution in [0.15, 0.2) is 60.8 Å². The molecule has 3 rings (SSSR count). The SMILES string of the molecule is CC(=O)Nc1cccc(Nc2ccc(C(=O)Nc3cccc(Cl)c3C)cn2)c1. The molecule has 142 valence electrons. The van der Waals surface area contributed by atoms with Crippen molar-refractivity contribution in [1.29, 1.82) is 0 Å². The summed E-state index contributed by atoms with van der Waals surface area (Å²) in [6.07, 6.45) is 1.50. The van der Waals surface area contributed by atoms with E-state index in [1.807, 2.05) is 19.1 Å². The maximum Gasteiger partial charge on any atom is 0.257 e. The summed E-state index contributed by atoms with van der Waals surface area (Å²) in [4.78, 5) is 27.9. The second-order valence-electron chi connectivity index (χ2n) is 6.19. The van der Waals surface area contributed by atoms with Crippen LogP contribution in [0.25, 0.3) is 0 Å². The highest BCUT2D eigenvalue weighted by molar-refractivity contribution is 6.31. The molecule has 6 nitrogen and oxygen atoms in total. The molecule has 0 fully saturated rings. The van der Waals surface area contributed by atoms with Crippen LogP contribution in [-0.2, 0) is 4.79 Å². The van der Waals surface area contributed by atoms with E-state index in [0.717, 1.165) is 11.3 Å². The first-order valence-electron chi connectivity index (χ1n) is 8.59. The zero-order valence-corrected chi connectivity index (χ0v) is 16.2. The number of carbonyl (C=O) groups excluding carboxylic acids is 2. The van der Waals surface area contributed by atoms with Crippen LogP contribution >= 0.6 is 11.6 Å². The lowest BCUT2D eigenvalue weighted by atomic mass is 10.2. The van der Waals surface area contributed by atoms with Crippen LogP contribution in [0.5, 0.6) is 0 Å². The lowest BCUT2D eigenvalue weighted by Gasteiger charge is -2.10. The van der Waals surface area contributed by atoms with Crippen LogP contribution < -0.4 is 16.0 Å². The Morgan fingerprint density at radius 1 is 0.964 bits per heavy atom. The number of carbonyl (C=O) groups is 2. The van der Waals surface area contributed by atoms with E-state index in [4.69, 9.17) is 11.6 Å². The maximum atomic E-state index is 12.4. The van der Waals surface area contributed by atoms with Crippen LogP contribution in [0.4, 0.5) is 22.9 Å². The van der Waals surface area contributed by atoms with E-state index in [1.54, 1.807) is 42.5 Å². The zero-order valence-electron chi connectivity index (χ0n) is 15.4. The first-order chi connectivity index (χ1) is 13.4. The van der Waals surface area contributed by atoms with E-state index in [-0.39, 0.29) is 11.8 Å². The standard InChI is InChI=1S/C21H19ClN4O2/c1-13-18(22)7-4-8-19(13)26-21(28)15-9-10-20(23-12-15)25-17-6-3-5-16(11-17)24-14(2)27/h3-12H,1-2H3,(H,23,25)(H,24,27)(H,26,28). The zero-order chi connectivity index (χ0) is 20.1. The van der Waals surface area contributed by atoms with Crippen molar-refractivity contribution in [1.82, 2.24) is 4.98 Å². The molecule has 1 heterocycles. The van der Waals surface area contributed by atoms with Crippen molar-refractivity contribution in [2.24, 2.45) is 0 Å². The minimum atomic E-state index is -0.267. The molecule has 0 atom stereocenters. The van der Waals surface area contributed by atoms with E-state index in [2.05, 4.69) is 20.9 Å². The Balaban J connectivity index is 1.69. The van der Waals surface area contributed by atoms with Gasteiger partial charge in [0.15, 0.2) is 0 Å². The van der Waals surface area contributed by atoms with Crippen molar-refractivity contribution in [2.75, 3.05) is 16.0 Å². The van der Waals surface area contributed by atoms with Gasteiger partial charge in [0, 0.05) is 35.2 Å². The summed E-state index contributed by atoms with van der Waals surface area (Å²) in [7, 11) is 0. The third-order valence-corrected chi connectivity index (χ3v) is 4.41. The molecule has 0 aliphatic rings. The lowest BCUT2D eigenvalue weighted by molar-refractivity contribution is -0.114. The number of rotatable bonds is 5. The number of hydrogen-bond acceptors (Lipinski definition) is 4. The van der Waals surface area contributed by atoms with E-state index in [9.17, 15) is 9.59 Å². The largest absolute Gasteiger partial charge is 0.340 e. The fourth-order valence-electron chi connectivity index (χ4n) is 2.57. The van der Waals surface area contributed by atoms with Crippen molar-refractivity contribution in [3.8, 4) is 0 Å². The van der Waals surface area contributed by atoms with Gasteiger partial charge in [-0.25, -0.2) is 4.98 Å². The van der Waals surface area contributed by atoms with Crippen molar-refractivity contribution in [3.63, 3.8) is 0 Å². The number of anilines is 4. The fraction of sp³-hybridized carbons (Fsp3) is 0.0952. The fourth-order valence-corrected chi connectivity index (χ4v) is 2.74. The quantitative estimate of drug-likeness (QED) is 0.568. The van der Waals surface area contributed by atoms with Crippen molar-refractivity contribution in [2.45, 2.75) is 13.8 Å². The third kappa shape index (κ3) is 4.86. The summed E-state index contributed by atoms with van der Waals surface area (Å²) in [5, 5.41) is 9.30. The number of amides is 2. The van der Waals surface area contributed by atoms with E-state index < -0.39 is 0 Å². The van der Waals surface area contributed by atoms with Crippen LogP contribution in [0.1, 0.15) is 22.8 Å². The number of hydrogen-bond donors (Lipinski definition) is 3. The Hall–Kier alpha value is -3.38. The van der Waals surface area contributed by atoms with Gasteiger partial charge in [-0.2, -0.15) is 0 Å². The predicted molar refractivity (Wildman–Crippen MR) is 112 cm³/mol. The molecular formula is C21H19ClN4O2. The van der Waals surface area contributed by atoms with Gasteiger partial charge in [0.1, 0.15) is 5.82 Å². The Labute approximate surface area is 168 Å². The van der Waals surface area contributed by atoms with Gasteiger partial charge in [0.25, 0.3) is 5.91 Å². The molecule has 0 bridgehead atoms. The summed E-state index contributed by atoms with van der Waals surface area (Å²) in [6, 6.07) is 16.0. The van der Waals surface area contributed by atoms with Crippen LogP contribution in [0.3, 0.4) is 0 Å². The number of benzene rings is 2. The minimum Gasteiger partial charge on any atom is -0.340 e. The molecule has 0 spiro atoms. The molecule has 2 amide bonds. The minimum absolute atomic E-state index is 0.138. The maximum absolute atomic E-state index is 12.4. The predicted octanol–water partition coefficient (Wildman–Crippen LogP) is 5.00. The first-order valence-corrected chi connectivity index (χ1v) is 8.97. The highest BCUT2D eigenvalue weighted by Gasteiger charge is 2.10. The molecular weight excluding hydrogens is 376 g/mol. The van der Waals surface area contributed by atoms with Gasteiger partial charge in [0.2, 0.25) is 5.91 Å². The summed E-state index contributed by atoms with van der Waals surface area (Å²) in [5.41, 5.74) is 3.35. The van der Waals surface area contributed by atoms with Gasteiger partial charge in [-0.1, -0.05) is 23.7 Å². The first kappa shape index (κ1) is 19.4. The number of nitrogens with one attached hydrogen (secondary N) is 3. The summed E-state index contributed by atoms with van der Waals surface area (Å²) in [5.74, 6) is 0.174. The molecule has 0 saturated carbocycles. The topological polar surface area (TPSA) is 83.1 Å². The van der Waals surface area contributed by atoms with Crippen molar-refractivity contribution >= 4 is 46.3 Å². The molecule has 0 saturated heterocycles.